The van der Waals surface area contributed by atoms with Crippen LogP contribution in [0.5, 0.6) is 0 Å². The van der Waals surface area contributed by atoms with Crippen molar-refractivity contribution >= 4 is 18.2 Å². The molecule has 0 bridgehead atoms. The van der Waals surface area contributed by atoms with Crippen LogP contribution in [0.2, 0.25) is 0 Å². The van der Waals surface area contributed by atoms with E-state index in [1.165, 1.54) is 13.7 Å². The number of hydrogen-bond donors (Lipinski definition) is 0. The van der Waals surface area contributed by atoms with Crippen molar-refractivity contribution in [3.05, 3.63) is 31.5 Å². The van der Waals surface area contributed by atoms with Crippen LogP contribution in [0, 0.1) is 32.5 Å². The van der Waals surface area contributed by atoms with E-state index in [0.717, 1.165) is 19.3 Å². The number of isocyanates is 3. The molecule has 0 aliphatic heterocycles. The summed E-state index contributed by atoms with van der Waals surface area (Å²) in [6.45, 7) is 19.0. The molecule has 6 unspecified atom stereocenters. The summed E-state index contributed by atoms with van der Waals surface area (Å²) < 4.78 is 3.85. The standard InChI is InChI=1S/C36H54N6O6/c1-31(2)12-10-26(35(8,17-31)20-38-23-44)41-28(46)40(25-14-33(5,6)16-34(7,15-25)19-37-22-43)29(47)42(30(41)48)27-11-13-32(3,4)18-36(27,9)21-39-24-45/h25-27H,10-21H2,1-9H3. The monoisotopic (exact) mass is 666 g/mol. The average molecular weight is 667 g/mol. The third kappa shape index (κ3) is 7.41. The lowest BCUT2D eigenvalue weighted by Crippen LogP contribution is -2.62. The summed E-state index contributed by atoms with van der Waals surface area (Å²) in [5, 5.41) is 0. The van der Waals surface area contributed by atoms with Crippen LogP contribution in [0.15, 0.2) is 29.4 Å². The number of carbonyl (C=O) groups excluding carboxylic acids is 3. The Hall–Kier alpha value is -3.45. The molecule has 3 fully saturated rings. The highest BCUT2D eigenvalue weighted by atomic mass is 16.2. The highest BCUT2D eigenvalue weighted by Crippen LogP contribution is 2.54. The normalized spacial score (nSPS) is 33.8. The fourth-order valence-corrected chi connectivity index (χ4v) is 10.5. The molecule has 1 aromatic rings. The number of aliphatic imine (C=N–C) groups is 3. The van der Waals surface area contributed by atoms with E-state index < -0.39 is 51.4 Å². The van der Waals surface area contributed by atoms with Gasteiger partial charge in [0.05, 0.1) is 31.7 Å². The Morgan fingerprint density at radius 1 is 0.562 bits per heavy atom. The minimum atomic E-state index is -0.749. The topological polar surface area (TPSA) is 154 Å². The Kier molecular flexibility index (Phi) is 10.2. The van der Waals surface area contributed by atoms with Gasteiger partial charge in [-0.2, -0.15) is 0 Å². The summed E-state index contributed by atoms with van der Waals surface area (Å²) in [6.07, 6.45) is 10.2. The number of rotatable bonds is 9. The van der Waals surface area contributed by atoms with Crippen molar-refractivity contribution in [2.75, 3.05) is 19.6 Å². The molecule has 3 aliphatic carbocycles. The van der Waals surface area contributed by atoms with E-state index in [4.69, 9.17) is 0 Å². The second-order valence-electron chi connectivity index (χ2n) is 18.5. The number of aromatic nitrogens is 3. The molecule has 4 rings (SSSR count). The molecule has 0 aromatic carbocycles. The van der Waals surface area contributed by atoms with E-state index in [1.54, 1.807) is 18.2 Å². The van der Waals surface area contributed by atoms with Gasteiger partial charge in [0.15, 0.2) is 0 Å². The summed E-state index contributed by atoms with van der Waals surface area (Å²) in [5.74, 6) is 0. The summed E-state index contributed by atoms with van der Waals surface area (Å²) in [6, 6.07) is -1.84. The summed E-state index contributed by atoms with van der Waals surface area (Å²) >= 11 is 0. The van der Waals surface area contributed by atoms with Crippen molar-refractivity contribution in [2.45, 2.75) is 138 Å². The third-order valence-corrected chi connectivity index (χ3v) is 11.7. The maximum Gasteiger partial charge on any atom is 0.336 e. The van der Waals surface area contributed by atoms with Gasteiger partial charge in [-0.25, -0.2) is 57.4 Å². The first kappa shape index (κ1) is 37.4. The van der Waals surface area contributed by atoms with Gasteiger partial charge >= 0.3 is 17.1 Å². The lowest BCUT2D eigenvalue weighted by atomic mass is 9.61. The van der Waals surface area contributed by atoms with Gasteiger partial charge in [0.2, 0.25) is 18.2 Å². The molecule has 48 heavy (non-hydrogen) atoms. The molecule has 0 amide bonds. The average Bonchev–Trinajstić information content (AvgIpc) is 2.94. The minimum absolute atomic E-state index is 0.0806. The largest absolute Gasteiger partial charge is 0.336 e. The van der Waals surface area contributed by atoms with Gasteiger partial charge in [-0.3, -0.25) is 0 Å². The molecule has 12 heteroatoms. The highest BCUT2D eigenvalue weighted by molar-refractivity contribution is 5.33. The first-order valence-electron chi connectivity index (χ1n) is 17.3. The van der Waals surface area contributed by atoms with Crippen LogP contribution in [-0.2, 0) is 14.4 Å². The fraction of sp³-hybridized carbons (Fsp3) is 0.833. The molecule has 0 radical (unpaired) electrons. The third-order valence-electron chi connectivity index (χ3n) is 11.7. The second kappa shape index (κ2) is 13.1. The number of hydrogen-bond acceptors (Lipinski definition) is 9. The van der Waals surface area contributed by atoms with Crippen molar-refractivity contribution in [1.82, 2.24) is 13.7 Å². The van der Waals surface area contributed by atoms with Crippen LogP contribution in [0.3, 0.4) is 0 Å². The molecule has 1 aromatic heterocycles. The predicted octanol–water partition coefficient (Wildman–Crippen LogP) is 5.45. The summed E-state index contributed by atoms with van der Waals surface area (Å²) in [4.78, 5) is 90.4. The van der Waals surface area contributed by atoms with Crippen LogP contribution in [-0.4, -0.2) is 51.6 Å². The van der Waals surface area contributed by atoms with Crippen molar-refractivity contribution in [1.29, 1.82) is 0 Å². The van der Waals surface area contributed by atoms with Crippen LogP contribution in [0.4, 0.5) is 0 Å². The van der Waals surface area contributed by atoms with Crippen molar-refractivity contribution in [3.63, 3.8) is 0 Å². The zero-order chi connectivity index (χ0) is 35.9. The predicted molar refractivity (Wildman–Crippen MR) is 183 cm³/mol. The Labute approximate surface area is 282 Å². The summed E-state index contributed by atoms with van der Waals surface area (Å²) in [5.41, 5.74) is -4.57. The van der Waals surface area contributed by atoms with Gasteiger partial charge < -0.3 is 0 Å². The second-order valence-corrected chi connectivity index (χ2v) is 18.5. The van der Waals surface area contributed by atoms with Gasteiger partial charge in [0, 0.05) is 16.9 Å². The van der Waals surface area contributed by atoms with E-state index in [0.29, 0.717) is 38.5 Å². The van der Waals surface area contributed by atoms with E-state index in [9.17, 15) is 28.8 Å². The van der Waals surface area contributed by atoms with Crippen LogP contribution < -0.4 is 17.1 Å². The van der Waals surface area contributed by atoms with E-state index in [1.807, 2.05) is 20.8 Å². The number of nitrogens with zero attached hydrogens (tertiary/aromatic N) is 6. The Morgan fingerprint density at radius 3 is 1.38 bits per heavy atom. The molecular formula is C36H54N6O6. The van der Waals surface area contributed by atoms with Gasteiger partial charge in [-0.15, -0.1) is 0 Å². The van der Waals surface area contributed by atoms with Gasteiger partial charge in [-0.05, 0) is 79.4 Å². The molecule has 0 spiro atoms. The Bertz CT molecular complexity index is 1640. The van der Waals surface area contributed by atoms with Gasteiger partial charge in [0.25, 0.3) is 0 Å². The van der Waals surface area contributed by atoms with Crippen LogP contribution in [0.25, 0.3) is 0 Å². The minimum Gasteiger partial charge on any atom is -0.247 e. The van der Waals surface area contributed by atoms with Crippen molar-refractivity contribution in [3.8, 4) is 0 Å². The molecule has 0 saturated heterocycles. The Morgan fingerprint density at radius 2 is 0.958 bits per heavy atom. The Balaban J connectivity index is 2.08. The molecule has 3 saturated carbocycles. The van der Waals surface area contributed by atoms with Crippen LogP contribution >= 0.6 is 0 Å². The van der Waals surface area contributed by atoms with Gasteiger partial charge in [0.1, 0.15) is 0 Å². The SMILES string of the molecule is CC1(C)CC(n2c(=O)n(C3CCC(C)(C)CC3(C)CN=C=O)c(=O)n(C3CCC(C)(C)CC3(C)CN=C=O)c2=O)CC(C)(CN=C=O)C1. The van der Waals surface area contributed by atoms with Crippen LogP contribution in [0.1, 0.15) is 138 Å². The van der Waals surface area contributed by atoms with Crippen molar-refractivity contribution < 1.29 is 14.4 Å². The van der Waals surface area contributed by atoms with Gasteiger partial charge in [-0.1, -0.05) is 62.3 Å². The smallest absolute Gasteiger partial charge is 0.247 e. The lowest BCUT2D eigenvalue weighted by molar-refractivity contribution is 0.0203. The molecule has 0 N–H and O–H groups in total. The molecule has 3 aliphatic rings. The first-order chi connectivity index (χ1) is 22.2. The van der Waals surface area contributed by atoms with E-state index in [2.05, 4.69) is 56.5 Å². The first-order valence-corrected chi connectivity index (χ1v) is 17.3. The molecule has 1 heterocycles. The van der Waals surface area contributed by atoms with E-state index in [-0.39, 0.29) is 35.9 Å². The van der Waals surface area contributed by atoms with E-state index >= 15 is 0 Å². The maximum atomic E-state index is 14.9. The fourth-order valence-electron chi connectivity index (χ4n) is 10.5. The molecule has 12 nitrogen and oxygen atoms in total. The zero-order valence-corrected chi connectivity index (χ0v) is 30.4. The lowest BCUT2D eigenvalue weighted by Gasteiger charge is -2.50. The van der Waals surface area contributed by atoms with Crippen molar-refractivity contribution in [2.24, 2.45) is 47.5 Å². The maximum absolute atomic E-state index is 14.9. The summed E-state index contributed by atoms with van der Waals surface area (Å²) in [7, 11) is 0. The molecular weight excluding hydrogens is 612 g/mol. The molecule has 264 valence electrons. The molecule has 6 atom stereocenters. The highest BCUT2D eigenvalue weighted by Gasteiger charge is 2.50. The zero-order valence-electron chi connectivity index (χ0n) is 30.4. The quantitative estimate of drug-likeness (QED) is 0.252.